The van der Waals surface area contributed by atoms with Crippen molar-refractivity contribution in [3.8, 4) is 0 Å². The first-order chi connectivity index (χ1) is 11.8. The number of pyridine rings is 1. The summed E-state index contributed by atoms with van der Waals surface area (Å²) in [4.78, 5) is 20.2. The van der Waals surface area contributed by atoms with Gasteiger partial charge in [0.25, 0.3) is 0 Å². The molecule has 5 heteroatoms. The molecule has 1 atom stereocenters. The van der Waals surface area contributed by atoms with Crippen LogP contribution in [0.5, 0.6) is 0 Å². The van der Waals surface area contributed by atoms with E-state index in [1.54, 1.807) is 48.4 Å². The van der Waals surface area contributed by atoms with E-state index in [2.05, 4.69) is 16.4 Å². The molecule has 24 heavy (non-hydrogen) atoms. The molecule has 0 N–H and O–H groups in total. The Bertz CT molecular complexity index is 853. The second-order valence-corrected chi connectivity index (χ2v) is 6.65. The summed E-state index contributed by atoms with van der Waals surface area (Å²) in [6.45, 7) is 0.717. The van der Waals surface area contributed by atoms with E-state index in [9.17, 15) is 4.79 Å². The normalized spacial score (nSPS) is 17.2. The summed E-state index contributed by atoms with van der Waals surface area (Å²) in [6.07, 6.45) is 11.1. The molecule has 0 saturated heterocycles. The number of rotatable bonds is 3. The quantitative estimate of drug-likeness (QED) is 0.681. The zero-order valence-corrected chi connectivity index (χ0v) is 13.8. The lowest BCUT2D eigenvalue weighted by atomic mass is 9.94. The number of hydrogen-bond donors (Lipinski definition) is 0. The molecule has 4 heterocycles. The van der Waals surface area contributed by atoms with Gasteiger partial charge in [-0.1, -0.05) is 0 Å². The molecule has 3 aromatic heterocycles. The minimum absolute atomic E-state index is 0.00913. The highest BCUT2D eigenvalue weighted by Crippen LogP contribution is 2.37. The van der Waals surface area contributed by atoms with E-state index in [0.717, 1.165) is 24.1 Å². The van der Waals surface area contributed by atoms with Crippen molar-refractivity contribution in [2.24, 2.45) is 0 Å². The molecule has 0 radical (unpaired) electrons. The minimum atomic E-state index is -0.0514. The molecule has 1 amide bonds. The fourth-order valence-corrected chi connectivity index (χ4v) is 4.00. The van der Waals surface area contributed by atoms with Crippen LogP contribution in [0.2, 0.25) is 0 Å². The molecule has 3 aromatic rings. The molecular weight excluding hydrogens is 320 g/mol. The number of carbonyl (C=O) groups excluding carboxylic acids is 1. The molecule has 0 bridgehead atoms. The van der Waals surface area contributed by atoms with E-state index in [4.69, 9.17) is 4.42 Å². The molecule has 0 aromatic carbocycles. The number of thiophene rings is 1. The summed E-state index contributed by atoms with van der Waals surface area (Å²) >= 11 is 1.76. The van der Waals surface area contributed by atoms with Crippen molar-refractivity contribution in [3.63, 3.8) is 0 Å². The smallest absolute Gasteiger partial charge is 0.247 e. The molecule has 0 fully saturated rings. The third-order valence-corrected chi connectivity index (χ3v) is 5.23. The van der Waals surface area contributed by atoms with Gasteiger partial charge in [0, 0.05) is 35.5 Å². The number of nitrogens with zero attached hydrogens (tertiary/aromatic N) is 2. The fourth-order valence-electron chi connectivity index (χ4n) is 3.09. The molecule has 0 saturated carbocycles. The molecule has 1 aliphatic rings. The van der Waals surface area contributed by atoms with Gasteiger partial charge in [0.15, 0.2) is 0 Å². The van der Waals surface area contributed by atoms with Crippen LogP contribution in [0.4, 0.5) is 0 Å². The molecule has 4 nitrogen and oxygen atoms in total. The van der Waals surface area contributed by atoms with E-state index in [1.807, 2.05) is 23.1 Å². The largest absolute Gasteiger partial charge is 0.472 e. The summed E-state index contributed by atoms with van der Waals surface area (Å²) in [5.41, 5.74) is 3.20. The lowest BCUT2D eigenvalue weighted by molar-refractivity contribution is -0.127. The van der Waals surface area contributed by atoms with Gasteiger partial charge in [0.1, 0.15) is 0 Å². The van der Waals surface area contributed by atoms with Gasteiger partial charge in [-0.25, -0.2) is 0 Å². The van der Waals surface area contributed by atoms with Crippen LogP contribution in [-0.4, -0.2) is 22.3 Å². The van der Waals surface area contributed by atoms with Crippen molar-refractivity contribution in [2.75, 3.05) is 6.54 Å². The van der Waals surface area contributed by atoms with Crippen molar-refractivity contribution in [1.29, 1.82) is 0 Å². The zero-order chi connectivity index (χ0) is 16.4. The number of furan rings is 1. The van der Waals surface area contributed by atoms with Gasteiger partial charge in [-0.15, -0.1) is 11.3 Å². The van der Waals surface area contributed by atoms with Crippen molar-refractivity contribution in [3.05, 3.63) is 82.2 Å². The lowest BCUT2D eigenvalue weighted by Gasteiger charge is -2.35. The second kappa shape index (κ2) is 6.45. The Hall–Kier alpha value is -2.66. The van der Waals surface area contributed by atoms with E-state index in [1.165, 1.54) is 10.4 Å². The Morgan fingerprint density at radius 1 is 1.29 bits per heavy atom. The Labute approximate surface area is 144 Å². The van der Waals surface area contributed by atoms with E-state index in [-0.39, 0.29) is 11.9 Å². The molecule has 0 spiro atoms. The Kier molecular flexibility index (Phi) is 4.01. The van der Waals surface area contributed by atoms with E-state index in [0.29, 0.717) is 0 Å². The van der Waals surface area contributed by atoms with E-state index < -0.39 is 0 Å². The van der Waals surface area contributed by atoms with Crippen molar-refractivity contribution < 1.29 is 9.21 Å². The molecule has 4 rings (SSSR count). The number of fused-ring (bicyclic) bond motifs is 1. The highest BCUT2D eigenvalue weighted by Gasteiger charge is 2.31. The van der Waals surface area contributed by atoms with Crippen LogP contribution < -0.4 is 0 Å². The topological polar surface area (TPSA) is 46.3 Å². The standard InChI is InChI=1S/C19H16N2O2S/c22-18(2-1-14-6-11-23-13-14)21-10-5-17-16(7-12-24-17)19(21)15-3-8-20-9-4-15/h1-4,6-9,11-13,19H,5,10H2. The predicted octanol–water partition coefficient (Wildman–Crippen LogP) is 3.92. The molecule has 0 aliphatic carbocycles. The first-order valence-electron chi connectivity index (χ1n) is 7.80. The van der Waals surface area contributed by atoms with Crippen molar-refractivity contribution in [1.82, 2.24) is 9.88 Å². The highest BCUT2D eigenvalue weighted by atomic mass is 32.1. The third-order valence-electron chi connectivity index (χ3n) is 4.23. The van der Waals surface area contributed by atoms with Crippen molar-refractivity contribution >= 4 is 23.3 Å². The summed E-state index contributed by atoms with van der Waals surface area (Å²) in [5.74, 6) is 0.00913. The Balaban J connectivity index is 1.67. The average molecular weight is 336 g/mol. The van der Waals surface area contributed by atoms with Crippen LogP contribution in [0.1, 0.15) is 27.6 Å². The monoisotopic (exact) mass is 336 g/mol. The van der Waals surface area contributed by atoms with Crippen LogP contribution in [0, 0.1) is 0 Å². The molecule has 1 aliphatic heterocycles. The van der Waals surface area contributed by atoms with Crippen LogP contribution in [0.25, 0.3) is 6.08 Å². The first-order valence-corrected chi connectivity index (χ1v) is 8.68. The third kappa shape index (κ3) is 2.78. The summed E-state index contributed by atoms with van der Waals surface area (Å²) < 4.78 is 5.04. The Morgan fingerprint density at radius 3 is 2.96 bits per heavy atom. The number of aromatic nitrogens is 1. The molecule has 1 unspecified atom stereocenters. The van der Waals surface area contributed by atoms with Gasteiger partial charge in [-0.3, -0.25) is 9.78 Å². The van der Waals surface area contributed by atoms with Gasteiger partial charge in [-0.05, 0) is 53.3 Å². The first kappa shape index (κ1) is 14.9. The minimum Gasteiger partial charge on any atom is -0.472 e. The molecular formula is C19H16N2O2S. The zero-order valence-electron chi connectivity index (χ0n) is 13.0. The van der Waals surface area contributed by atoms with Crippen LogP contribution in [0.15, 0.2) is 65.1 Å². The van der Waals surface area contributed by atoms with Crippen LogP contribution >= 0.6 is 11.3 Å². The maximum Gasteiger partial charge on any atom is 0.247 e. The SMILES string of the molecule is O=C(C=Cc1ccoc1)N1CCc2sccc2C1c1ccncc1. The lowest BCUT2D eigenvalue weighted by Crippen LogP contribution is -2.39. The maximum atomic E-state index is 12.8. The van der Waals surface area contributed by atoms with Gasteiger partial charge in [0.2, 0.25) is 5.91 Å². The predicted molar refractivity (Wildman–Crippen MR) is 93.6 cm³/mol. The van der Waals surface area contributed by atoms with E-state index >= 15 is 0 Å². The fraction of sp³-hybridized carbons (Fsp3) is 0.158. The number of carbonyl (C=O) groups is 1. The Morgan fingerprint density at radius 2 is 2.17 bits per heavy atom. The van der Waals surface area contributed by atoms with Crippen LogP contribution in [-0.2, 0) is 11.2 Å². The molecule has 120 valence electrons. The second-order valence-electron chi connectivity index (χ2n) is 5.65. The summed E-state index contributed by atoms with van der Waals surface area (Å²) in [7, 11) is 0. The average Bonchev–Trinajstić information content (AvgIpc) is 3.30. The van der Waals surface area contributed by atoms with Gasteiger partial charge in [0.05, 0.1) is 18.6 Å². The number of amides is 1. The number of hydrogen-bond acceptors (Lipinski definition) is 4. The van der Waals surface area contributed by atoms with Crippen molar-refractivity contribution in [2.45, 2.75) is 12.5 Å². The summed E-state index contributed by atoms with van der Waals surface area (Å²) in [5, 5.41) is 2.11. The highest BCUT2D eigenvalue weighted by molar-refractivity contribution is 7.10. The van der Waals surface area contributed by atoms with Crippen LogP contribution in [0.3, 0.4) is 0 Å². The summed E-state index contributed by atoms with van der Waals surface area (Å²) in [6, 6.07) is 7.88. The van der Waals surface area contributed by atoms with Gasteiger partial charge in [-0.2, -0.15) is 0 Å². The van der Waals surface area contributed by atoms with Gasteiger partial charge >= 0.3 is 0 Å². The maximum absolute atomic E-state index is 12.8. The van der Waals surface area contributed by atoms with Gasteiger partial charge < -0.3 is 9.32 Å².